The normalized spacial score (nSPS) is 14.2. The topological polar surface area (TPSA) is 20.2 Å². The highest BCUT2D eigenvalue weighted by Crippen LogP contribution is 2.28. The number of aliphatic hydroxyl groups excluding tert-OH is 1. The first-order valence-corrected chi connectivity index (χ1v) is 4.82. The van der Waals surface area contributed by atoms with Crippen molar-refractivity contribution < 1.29 is 5.11 Å². The molecule has 0 fully saturated rings. The summed E-state index contributed by atoms with van der Waals surface area (Å²) in [6.07, 6.45) is 0.525. The molecule has 1 aromatic rings. The summed E-state index contributed by atoms with van der Waals surface area (Å²) in [6, 6.07) is 10.2. The van der Waals surface area contributed by atoms with Crippen molar-refractivity contribution in [3.63, 3.8) is 0 Å². The van der Waals surface area contributed by atoms with Gasteiger partial charge in [-0.3, -0.25) is 0 Å². The summed E-state index contributed by atoms with van der Waals surface area (Å²) in [7, 11) is 0. The maximum absolute atomic E-state index is 9.84. The lowest BCUT2D eigenvalue weighted by molar-refractivity contribution is 0.0961. The lowest BCUT2D eigenvalue weighted by Gasteiger charge is -2.30. The van der Waals surface area contributed by atoms with Crippen LogP contribution >= 0.6 is 0 Å². The smallest absolute Gasteiger partial charge is 0.0628 e. The fraction of sp³-hybridized carbons (Fsp3) is 0.500. The molecule has 0 aliphatic heterocycles. The van der Waals surface area contributed by atoms with Crippen molar-refractivity contribution in [1.29, 1.82) is 0 Å². The van der Waals surface area contributed by atoms with Gasteiger partial charge in [-0.15, -0.1) is 0 Å². The van der Waals surface area contributed by atoms with Crippen LogP contribution in [0, 0.1) is 0 Å². The molecule has 0 spiro atoms. The van der Waals surface area contributed by atoms with Gasteiger partial charge >= 0.3 is 0 Å². The number of benzene rings is 1. The summed E-state index contributed by atoms with van der Waals surface area (Å²) in [5.41, 5.74) is 1.06. The molecule has 0 radical (unpaired) electrons. The summed E-state index contributed by atoms with van der Waals surface area (Å²) in [5, 5.41) is 9.84. The Morgan fingerprint density at radius 1 is 1.23 bits per heavy atom. The predicted octanol–water partition coefficient (Wildman–Crippen LogP) is 2.74. The summed E-state index contributed by atoms with van der Waals surface area (Å²) in [6.45, 7) is 6.17. The SMILES string of the molecule is CC[C@@H](O)C(C)(C)c1ccccc1. The Kier molecular flexibility index (Phi) is 3.10. The highest BCUT2D eigenvalue weighted by molar-refractivity contribution is 5.24. The van der Waals surface area contributed by atoms with E-state index in [1.54, 1.807) is 0 Å². The van der Waals surface area contributed by atoms with Crippen LogP contribution in [0.1, 0.15) is 32.8 Å². The summed E-state index contributed by atoms with van der Waals surface area (Å²) in [4.78, 5) is 0. The van der Waals surface area contributed by atoms with E-state index in [9.17, 15) is 5.11 Å². The molecule has 0 unspecified atom stereocenters. The fourth-order valence-corrected chi connectivity index (χ4v) is 1.57. The second-order valence-corrected chi connectivity index (χ2v) is 4.01. The third-order valence-corrected chi connectivity index (χ3v) is 2.74. The number of hydrogen-bond acceptors (Lipinski definition) is 1. The molecule has 0 saturated carbocycles. The minimum Gasteiger partial charge on any atom is -0.392 e. The quantitative estimate of drug-likeness (QED) is 0.754. The Labute approximate surface area is 80.4 Å². The molecule has 1 nitrogen and oxygen atoms in total. The van der Waals surface area contributed by atoms with Gasteiger partial charge in [-0.1, -0.05) is 51.1 Å². The van der Waals surface area contributed by atoms with Gasteiger partial charge in [-0.25, -0.2) is 0 Å². The van der Waals surface area contributed by atoms with E-state index >= 15 is 0 Å². The van der Waals surface area contributed by atoms with Crippen LogP contribution in [-0.2, 0) is 5.41 Å². The molecule has 0 amide bonds. The van der Waals surface area contributed by atoms with Crippen molar-refractivity contribution in [1.82, 2.24) is 0 Å². The fourth-order valence-electron chi connectivity index (χ4n) is 1.57. The van der Waals surface area contributed by atoms with Gasteiger partial charge in [0.25, 0.3) is 0 Å². The highest BCUT2D eigenvalue weighted by atomic mass is 16.3. The van der Waals surface area contributed by atoms with E-state index in [-0.39, 0.29) is 11.5 Å². The molecule has 0 saturated heterocycles. The van der Waals surface area contributed by atoms with Crippen LogP contribution in [0.3, 0.4) is 0 Å². The molecule has 0 aliphatic carbocycles. The Bertz CT molecular complexity index is 251. The van der Waals surface area contributed by atoms with Crippen molar-refractivity contribution in [2.75, 3.05) is 0 Å². The van der Waals surface area contributed by atoms with Gasteiger partial charge < -0.3 is 5.11 Å². The molecule has 1 N–H and O–H groups in total. The Hall–Kier alpha value is -0.820. The minimum absolute atomic E-state index is 0.143. The molecule has 0 bridgehead atoms. The number of aliphatic hydroxyl groups is 1. The van der Waals surface area contributed by atoms with Crippen molar-refractivity contribution in [3.8, 4) is 0 Å². The van der Waals surface area contributed by atoms with Gasteiger partial charge in [0.1, 0.15) is 0 Å². The maximum atomic E-state index is 9.84. The van der Waals surface area contributed by atoms with Crippen LogP contribution in [-0.4, -0.2) is 11.2 Å². The lowest BCUT2D eigenvalue weighted by Crippen LogP contribution is -2.32. The highest BCUT2D eigenvalue weighted by Gasteiger charge is 2.27. The van der Waals surface area contributed by atoms with Crippen LogP contribution in [0.4, 0.5) is 0 Å². The molecular formula is C12H18O. The number of rotatable bonds is 3. The third-order valence-electron chi connectivity index (χ3n) is 2.74. The number of hydrogen-bond donors (Lipinski definition) is 1. The monoisotopic (exact) mass is 178 g/mol. The molecular weight excluding hydrogens is 160 g/mol. The molecule has 13 heavy (non-hydrogen) atoms. The Balaban J connectivity index is 2.93. The van der Waals surface area contributed by atoms with Gasteiger partial charge in [0.05, 0.1) is 6.10 Å². The molecule has 1 atom stereocenters. The van der Waals surface area contributed by atoms with Gasteiger partial charge in [-0.05, 0) is 12.0 Å². The summed E-state index contributed by atoms with van der Waals surface area (Å²) >= 11 is 0. The van der Waals surface area contributed by atoms with Gasteiger partial charge in [0.2, 0.25) is 0 Å². The average molecular weight is 178 g/mol. The molecule has 1 rings (SSSR count). The lowest BCUT2D eigenvalue weighted by atomic mass is 9.78. The van der Waals surface area contributed by atoms with E-state index in [0.717, 1.165) is 6.42 Å². The van der Waals surface area contributed by atoms with E-state index in [0.29, 0.717) is 0 Å². The average Bonchev–Trinajstić information content (AvgIpc) is 2.18. The summed E-state index contributed by atoms with van der Waals surface area (Å²) in [5.74, 6) is 0. The zero-order valence-electron chi connectivity index (χ0n) is 8.62. The van der Waals surface area contributed by atoms with E-state index in [1.807, 2.05) is 25.1 Å². The second-order valence-electron chi connectivity index (χ2n) is 4.01. The van der Waals surface area contributed by atoms with Gasteiger partial charge in [-0.2, -0.15) is 0 Å². The van der Waals surface area contributed by atoms with Gasteiger partial charge in [0.15, 0.2) is 0 Å². The maximum Gasteiger partial charge on any atom is 0.0628 e. The largest absolute Gasteiger partial charge is 0.392 e. The van der Waals surface area contributed by atoms with Crippen molar-refractivity contribution in [3.05, 3.63) is 35.9 Å². The van der Waals surface area contributed by atoms with Crippen LogP contribution in [0.25, 0.3) is 0 Å². The van der Waals surface area contributed by atoms with E-state index < -0.39 is 0 Å². The van der Waals surface area contributed by atoms with E-state index in [4.69, 9.17) is 0 Å². The zero-order chi connectivity index (χ0) is 9.90. The first-order chi connectivity index (χ1) is 6.09. The van der Waals surface area contributed by atoms with Crippen molar-refractivity contribution >= 4 is 0 Å². The minimum atomic E-state index is -0.269. The van der Waals surface area contributed by atoms with E-state index in [2.05, 4.69) is 26.0 Å². The molecule has 0 heterocycles. The summed E-state index contributed by atoms with van der Waals surface area (Å²) < 4.78 is 0. The first kappa shape index (κ1) is 10.3. The molecule has 72 valence electrons. The van der Waals surface area contributed by atoms with Crippen LogP contribution < -0.4 is 0 Å². The zero-order valence-corrected chi connectivity index (χ0v) is 8.62. The second kappa shape index (κ2) is 3.93. The van der Waals surface area contributed by atoms with Crippen molar-refractivity contribution in [2.24, 2.45) is 0 Å². The van der Waals surface area contributed by atoms with Crippen LogP contribution in [0.2, 0.25) is 0 Å². The molecule has 0 aliphatic rings. The van der Waals surface area contributed by atoms with Crippen LogP contribution in [0.5, 0.6) is 0 Å². The predicted molar refractivity (Wildman–Crippen MR) is 55.8 cm³/mol. The van der Waals surface area contributed by atoms with Crippen molar-refractivity contribution in [2.45, 2.75) is 38.7 Å². The molecule has 1 heteroatoms. The Morgan fingerprint density at radius 3 is 2.23 bits per heavy atom. The molecule has 1 aromatic carbocycles. The Morgan fingerprint density at radius 2 is 1.77 bits per heavy atom. The van der Waals surface area contributed by atoms with E-state index in [1.165, 1.54) is 5.56 Å². The molecule has 0 aromatic heterocycles. The van der Waals surface area contributed by atoms with Crippen LogP contribution in [0.15, 0.2) is 30.3 Å². The first-order valence-electron chi connectivity index (χ1n) is 4.82. The third kappa shape index (κ3) is 2.10. The van der Waals surface area contributed by atoms with Gasteiger partial charge in [0, 0.05) is 5.41 Å². The standard InChI is InChI=1S/C12H18O/c1-4-11(13)12(2,3)10-8-6-5-7-9-10/h5-9,11,13H,4H2,1-3H3/t11-/m1/s1.